The molecular formula is C15H17Cl2N7O. The maximum atomic E-state index is 12.7. The molecule has 0 atom stereocenters. The number of H-pyrrole nitrogens is 1. The standard InChI is InChI=1S/C15H15N7O.2ClH/c1-2-10-9(7-19-21-10)14(23)22(15(16)17)13-8-18-11-5-3-4-6-12(11)20-13;;/h3-8H,2H2,1H3,(H3,16,17)(H,19,21);2*1H. The van der Waals surface area contributed by atoms with E-state index in [0.717, 1.165) is 4.90 Å². The van der Waals surface area contributed by atoms with E-state index in [1.807, 2.05) is 25.1 Å². The van der Waals surface area contributed by atoms with Crippen LogP contribution in [-0.2, 0) is 6.42 Å². The number of nitrogens with zero attached hydrogens (tertiary/aromatic N) is 4. The Labute approximate surface area is 156 Å². The van der Waals surface area contributed by atoms with Crippen molar-refractivity contribution in [1.82, 2.24) is 20.2 Å². The number of nitrogens with two attached hydrogens (primary N) is 1. The number of benzene rings is 1. The summed E-state index contributed by atoms with van der Waals surface area (Å²) in [5, 5.41) is 14.4. The monoisotopic (exact) mass is 381 g/mol. The van der Waals surface area contributed by atoms with Crippen LogP contribution in [0.1, 0.15) is 23.0 Å². The van der Waals surface area contributed by atoms with Gasteiger partial charge in [0, 0.05) is 5.69 Å². The maximum absolute atomic E-state index is 12.7. The van der Waals surface area contributed by atoms with Gasteiger partial charge < -0.3 is 5.73 Å². The first-order valence-electron chi connectivity index (χ1n) is 7.04. The minimum absolute atomic E-state index is 0. The summed E-state index contributed by atoms with van der Waals surface area (Å²) in [6.45, 7) is 1.90. The van der Waals surface area contributed by atoms with Gasteiger partial charge in [0.25, 0.3) is 5.91 Å². The molecule has 0 bridgehead atoms. The highest BCUT2D eigenvalue weighted by Gasteiger charge is 2.25. The lowest BCUT2D eigenvalue weighted by Gasteiger charge is -2.19. The van der Waals surface area contributed by atoms with Crippen LogP contribution >= 0.6 is 24.8 Å². The summed E-state index contributed by atoms with van der Waals surface area (Å²) >= 11 is 0. The average molecular weight is 382 g/mol. The summed E-state index contributed by atoms with van der Waals surface area (Å²) in [7, 11) is 0. The number of rotatable bonds is 3. The van der Waals surface area contributed by atoms with Gasteiger partial charge >= 0.3 is 0 Å². The Bertz CT molecular complexity index is 896. The molecule has 1 amide bonds. The number of aromatic amines is 1. The number of nitrogens with one attached hydrogen (secondary N) is 2. The average Bonchev–Trinajstić information content (AvgIpc) is 3.03. The fourth-order valence-corrected chi connectivity index (χ4v) is 2.28. The van der Waals surface area contributed by atoms with E-state index in [1.54, 1.807) is 6.07 Å². The molecule has 4 N–H and O–H groups in total. The molecule has 8 nitrogen and oxygen atoms in total. The predicted molar refractivity (Wildman–Crippen MR) is 101 cm³/mol. The number of aryl methyl sites for hydroxylation is 1. The summed E-state index contributed by atoms with van der Waals surface area (Å²) in [4.78, 5) is 22.4. The molecule has 0 aliphatic carbocycles. The van der Waals surface area contributed by atoms with Crippen LogP contribution in [-0.4, -0.2) is 32.0 Å². The van der Waals surface area contributed by atoms with Gasteiger partial charge in [0.05, 0.1) is 29.0 Å². The smallest absolute Gasteiger partial charge is 0.269 e. The van der Waals surface area contributed by atoms with Gasteiger partial charge in [0.2, 0.25) is 5.96 Å². The molecule has 2 aromatic heterocycles. The number of para-hydroxylation sites is 2. The van der Waals surface area contributed by atoms with Gasteiger partial charge in [0.1, 0.15) is 0 Å². The van der Waals surface area contributed by atoms with Crippen LogP contribution in [0, 0.1) is 5.41 Å². The first-order chi connectivity index (χ1) is 11.1. The third-order valence-electron chi connectivity index (χ3n) is 3.41. The number of hydrogen-bond donors (Lipinski definition) is 3. The molecule has 0 spiro atoms. The molecule has 1 aromatic carbocycles. The highest BCUT2D eigenvalue weighted by Crippen LogP contribution is 2.18. The largest absolute Gasteiger partial charge is 0.369 e. The van der Waals surface area contributed by atoms with E-state index >= 15 is 0 Å². The van der Waals surface area contributed by atoms with Gasteiger partial charge in [0.15, 0.2) is 5.82 Å². The fourth-order valence-electron chi connectivity index (χ4n) is 2.28. The van der Waals surface area contributed by atoms with Gasteiger partial charge in [-0.1, -0.05) is 19.1 Å². The van der Waals surface area contributed by atoms with E-state index in [4.69, 9.17) is 11.1 Å². The molecule has 132 valence electrons. The fraction of sp³-hybridized carbons (Fsp3) is 0.133. The van der Waals surface area contributed by atoms with Crippen LogP contribution in [0.3, 0.4) is 0 Å². The quantitative estimate of drug-likeness (QED) is 0.474. The van der Waals surface area contributed by atoms with Crippen molar-refractivity contribution in [2.45, 2.75) is 13.3 Å². The zero-order valence-corrected chi connectivity index (χ0v) is 14.9. The number of fused-ring (bicyclic) bond motifs is 1. The van der Waals surface area contributed by atoms with Crippen molar-refractivity contribution in [1.29, 1.82) is 5.41 Å². The summed E-state index contributed by atoms with van der Waals surface area (Å²) in [6.07, 6.45) is 3.45. The van der Waals surface area contributed by atoms with E-state index in [0.29, 0.717) is 28.7 Å². The number of amides is 1. The third kappa shape index (κ3) is 3.86. The van der Waals surface area contributed by atoms with Crippen molar-refractivity contribution in [3.8, 4) is 0 Å². The molecule has 3 rings (SSSR count). The van der Waals surface area contributed by atoms with E-state index in [2.05, 4.69) is 20.2 Å². The highest BCUT2D eigenvalue weighted by atomic mass is 35.5. The van der Waals surface area contributed by atoms with Crippen LogP contribution in [0.2, 0.25) is 0 Å². The van der Waals surface area contributed by atoms with Crippen LogP contribution in [0.5, 0.6) is 0 Å². The first-order valence-corrected chi connectivity index (χ1v) is 7.04. The molecule has 0 aliphatic heterocycles. The molecule has 0 saturated heterocycles. The number of guanidine groups is 1. The van der Waals surface area contributed by atoms with Crippen molar-refractivity contribution in [2.24, 2.45) is 5.73 Å². The summed E-state index contributed by atoms with van der Waals surface area (Å²) < 4.78 is 0. The Balaban J connectivity index is 0.00000156. The molecule has 0 saturated carbocycles. The molecule has 0 unspecified atom stereocenters. The summed E-state index contributed by atoms with van der Waals surface area (Å²) in [5.74, 6) is -0.694. The number of hydrogen-bond acceptors (Lipinski definition) is 5. The second-order valence-electron chi connectivity index (χ2n) is 4.86. The van der Waals surface area contributed by atoms with Crippen LogP contribution < -0.4 is 10.6 Å². The molecule has 25 heavy (non-hydrogen) atoms. The Kier molecular flexibility index (Phi) is 6.84. The van der Waals surface area contributed by atoms with Crippen molar-refractivity contribution in [3.63, 3.8) is 0 Å². The first kappa shape index (κ1) is 20.3. The highest BCUT2D eigenvalue weighted by molar-refractivity contribution is 6.20. The minimum atomic E-state index is -0.465. The number of anilines is 1. The Morgan fingerprint density at radius 3 is 2.56 bits per heavy atom. The maximum Gasteiger partial charge on any atom is 0.269 e. The predicted octanol–water partition coefficient (Wildman–Crippen LogP) is 2.30. The lowest BCUT2D eigenvalue weighted by Crippen LogP contribution is -2.42. The van der Waals surface area contributed by atoms with E-state index in [1.165, 1.54) is 12.4 Å². The van der Waals surface area contributed by atoms with E-state index in [-0.39, 0.29) is 30.6 Å². The second kappa shape index (κ2) is 8.41. The second-order valence-corrected chi connectivity index (χ2v) is 4.86. The van der Waals surface area contributed by atoms with E-state index < -0.39 is 11.9 Å². The summed E-state index contributed by atoms with van der Waals surface area (Å²) in [6, 6.07) is 7.27. The third-order valence-corrected chi connectivity index (χ3v) is 3.41. The molecular weight excluding hydrogens is 365 g/mol. The Hall–Kier alpha value is -2.71. The van der Waals surface area contributed by atoms with Gasteiger partial charge in [-0.2, -0.15) is 5.10 Å². The molecule has 0 fully saturated rings. The van der Waals surface area contributed by atoms with Gasteiger partial charge in [-0.05, 0) is 18.6 Å². The minimum Gasteiger partial charge on any atom is -0.369 e. The number of carbonyl (C=O) groups excluding carboxylic acids is 1. The van der Waals surface area contributed by atoms with Gasteiger partial charge in [-0.15, -0.1) is 24.8 Å². The van der Waals surface area contributed by atoms with Gasteiger partial charge in [-0.3, -0.25) is 20.3 Å². The number of aromatic nitrogens is 4. The Morgan fingerprint density at radius 1 is 1.24 bits per heavy atom. The molecule has 3 aromatic rings. The van der Waals surface area contributed by atoms with Crippen molar-refractivity contribution < 1.29 is 4.79 Å². The van der Waals surface area contributed by atoms with Crippen molar-refractivity contribution in [2.75, 3.05) is 4.90 Å². The molecule has 2 heterocycles. The zero-order chi connectivity index (χ0) is 16.4. The van der Waals surface area contributed by atoms with Crippen molar-refractivity contribution in [3.05, 3.63) is 47.9 Å². The topological polar surface area (TPSA) is 125 Å². The summed E-state index contributed by atoms with van der Waals surface area (Å²) in [5.41, 5.74) is 7.95. The molecule has 0 aliphatic rings. The lowest BCUT2D eigenvalue weighted by molar-refractivity contribution is 0.100. The van der Waals surface area contributed by atoms with Crippen LogP contribution in [0.4, 0.5) is 5.82 Å². The SMILES string of the molecule is CCc1[nH]ncc1C(=O)N(C(=N)N)c1cnc2ccccc2n1.Cl.Cl. The normalized spacial score (nSPS) is 9.80. The molecule has 0 radical (unpaired) electrons. The lowest BCUT2D eigenvalue weighted by atomic mass is 10.2. The van der Waals surface area contributed by atoms with Crippen LogP contribution in [0.15, 0.2) is 36.7 Å². The van der Waals surface area contributed by atoms with Gasteiger partial charge in [-0.25, -0.2) is 9.88 Å². The zero-order valence-electron chi connectivity index (χ0n) is 13.3. The molecule has 10 heteroatoms. The van der Waals surface area contributed by atoms with E-state index in [9.17, 15) is 4.79 Å². The number of carbonyl (C=O) groups is 1. The Morgan fingerprint density at radius 2 is 1.92 bits per heavy atom. The van der Waals surface area contributed by atoms with Crippen molar-refractivity contribution >= 4 is 53.5 Å². The number of halogens is 2. The van der Waals surface area contributed by atoms with Crippen LogP contribution in [0.25, 0.3) is 11.0 Å².